The van der Waals surface area contributed by atoms with Crippen molar-refractivity contribution in [3.8, 4) is 11.8 Å². The first-order valence-corrected chi connectivity index (χ1v) is 7.48. The highest BCUT2D eigenvalue weighted by Crippen LogP contribution is 2.29. The molecule has 21 heavy (non-hydrogen) atoms. The topological polar surface area (TPSA) is 59.0 Å². The van der Waals surface area contributed by atoms with Crippen LogP contribution in [0, 0.1) is 11.3 Å². The zero-order valence-corrected chi connectivity index (χ0v) is 12.5. The number of benzene rings is 2. The third kappa shape index (κ3) is 4.21. The Morgan fingerprint density at radius 3 is 2.76 bits per heavy atom. The summed E-state index contributed by atoms with van der Waals surface area (Å²) in [5.41, 5.74) is 7.17. The van der Waals surface area contributed by atoms with Gasteiger partial charge in [0, 0.05) is 18.0 Å². The molecule has 2 N–H and O–H groups in total. The molecule has 1 unspecified atom stereocenters. The minimum atomic E-state index is 0.0942. The Labute approximate surface area is 126 Å². The molecule has 0 heterocycles. The van der Waals surface area contributed by atoms with Crippen LogP contribution >= 0.6 is 0 Å². The zero-order valence-electron chi connectivity index (χ0n) is 12.5. The van der Waals surface area contributed by atoms with Crippen molar-refractivity contribution in [3.05, 3.63) is 42.0 Å². The summed E-state index contributed by atoms with van der Waals surface area (Å²) in [4.78, 5) is 0. The first-order chi connectivity index (χ1) is 10.2. The fraction of sp³-hybridized carbons (Fsp3) is 0.389. The van der Waals surface area contributed by atoms with Gasteiger partial charge in [0.2, 0.25) is 0 Å². The maximum atomic E-state index is 8.54. The lowest BCUT2D eigenvalue weighted by Gasteiger charge is -2.16. The lowest BCUT2D eigenvalue weighted by molar-refractivity contribution is 0.304. The number of ether oxygens (including phenoxy) is 1. The molecule has 3 heteroatoms. The number of hydrogen-bond donors (Lipinski definition) is 1. The van der Waals surface area contributed by atoms with E-state index in [1.807, 2.05) is 25.1 Å². The molecular weight excluding hydrogens is 260 g/mol. The van der Waals surface area contributed by atoms with Crippen LogP contribution in [0.3, 0.4) is 0 Å². The molecule has 0 aliphatic rings. The van der Waals surface area contributed by atoms with Crippen molar-refractivity contribution in [2.45, 2.75) is 38.6 Å². The van der Waals surface area contributed by atoms with Gasteiger partial charge >= 0.3 is 0 Å². The molecule has 0 radical (unpaired) electrons. The summed E-state index contributed by atoms with van der Waals surface area (Å²) in [6, 6.07) is 14.7. The molecule has 0 fully saturated rings. The van der Waals surface area contributed by atoms with E-state index in [0.717, 1.165) is 25.0 Å². The van der Waals surface area contributed by atoms with Crippen LogP contribution in [-0.2, 0) is 6.42 Å². The molecule has 2 aromatic rings. The lowest BCUT2D eigenvalue weighted by Crippen LogP contribution is -2.18. The Morgan fingerprint density at radius 2 is 2.00 bits per heavy atom. The maximum absolute atomic E-state index is 8.54. The molecule has 0 aliphatic heterocycles. The molecule has 3 nitrogen and oxygen atoms in total. The second-order valence-corrected chi connectivity index (χ2v) is 5.41. The number of fused-ring (bicyclic) bond motifs is 1. The van der Waals surface area contributed by atoms with Crippen molar-refractivity contribution < 1.29 is 4.74 Å². The minimum absolute atomic E-state index is 0.0942. The van der Waals surface area contributed by atoms with Crippen LogP contribution in [0.1, 0.15) is 31.7 Å². The number of unbranched alkanes of at least 4 members (excludes halogenated alkanes) is 2. The van der Waals surface area contributed by atoms with Crippen molar-refractivity contribution in [1.82, 2.24) is 0 Å². The highest BCUT2D eigenvalue weighted by atomic mass is 16.5. The van der Waals surface area contributed by atoms with E-state index in [1.54, 1.807) is 0 Å². The van der Waals surface area contributed by atoms with Gasteiger partial charge in [-0.15, -0.1) is 0 Å². The normalized spacial score (nSPS) is 12.0. The third-order valence-corrected chi connectivity index (χ3v) is 3.46. The number of nitrogens with two attached hydrogens (primary N) is 1. The summed E-state index contributed by atoms with van der Waals surface area (Å²) in [5.74, 6) is 0.919. The molecule has 0 spiro atoms. The van der Waals surface area contributed by atoms with Gasteiger partial charge in [-0.1, -0.05) is 30.3 Å². The van der Waals surface area contributed by atoms with Crippen LogP contribution in [0.2, 0.25) is 0 Å². The monoisotopic (exact) mass is 282 g/mol. The van der Waals surface area contributed by atoms with E-state index in [9.17, 15) is 0 Å². The summed E-state index contributed by atoms with van der Waals surface area (Å²) >= 11 is 0. The SMILES string of the molecule is CC(N)Cc1c(OCCCCC#N)ccc2ccccc12. The zero-order chi connectivity index (χ0) is 15.1. The van der Waals surface area contributed by atoms with Crippen molar-refractivity contribution in [3.63, 3.8) is 0 Å². The summed E-state index contributed by atoms with van der Waals surface area (Å²) in [7, 11) is 0. The van der Waals surface area contributed by atoms with Crippen molar-refractivity contribution in [2.75, 3.05) is 6.61 Å². The summed E-state index contributed by atoms with van der Waals surface area (Å²) in [5, 5.41) is 11.0. The first kappa shape index (κ1) is 15.3. The van der Waals surface area contributed by atoms with Crippen molar-refractivity contribution in [2.24, 2.45) is 5.73 Å². The molecule has 1 atom stereocenters. The fourth-order valence-corrected chi connectivity index (χ4v) is 2.47. The predicted molar refractivity (Wildman–Crippen MR) is 86.3 cm³/mol. The minimum Gasteiger partial charge on any atom is -0.493 e. The average Bonchev–Trinajstić information content (AvgIpc) is 2.48. The van der Waals surface area contributed by atoms with Crippen LogP contribution in [0.25, 0.3) is 10.8 Å². The molecule has 110 valence electrons. The van der Waals surface area contributed by atoms with Crippen LogP contribution in [-0.4, -0.2) is 12.6 Å². The quantitative estimate of drug-likeness (QED) is 0.786. The van der Waals surface area contributed by atoms with E-state index >= 15 is 0 Å². The van der Waals surface area contributed by atoms with E-state index in [0.29, 0.717) is 13.0 Å². The molecule has 0 bridgehead atoms. The Bertz CT molecular complexity index is 629. The number of hydrogen-bond acceptors (Lipinski definition) is 3. The van der Waals surface area contributed by atoms with Gasteiger partial charge in [0.15, 0.2) is 0 Å². The van der Waals surface area contributed by atoms with Crippen molar-refractivity contribution >= 4 is 10.8 Å². The highest BCUT2D eigenvalue weighted by Gasteiger charge is 2.10. The van der Waals surface area contributed by atoms with Gasteiger partial charge in [-0.25, -0.2) is 0 Å². The van der Waals surface area contributed by atoms with Crippen LogP contribution in [0.4, 0.5) is 0 Å². The van der Waals surface area contributed by atoms with E-state index in [2.05, 4.69) is 24.3 Å². The van der Waals surface area contributed by atoms with E-state index < -0.39 is 0 Å². The maximum Gasteiger partial charge on any atom is 0.123 e. The Morgan fingerprint density at radius 1 is 1.19 bits per heavy atom. The second kappa shape index (κ2) is 7.66. The van der Waals surface area contributed by atoms with Gasteiger partial charge < -0.3 is 10.5 Å². The van der Waals surface area contributed by atoms with Gasteiger partial charge in [-0.3, -0.25) is 0 Å². The van der Waals surface area contributed by atoms with Gasteiger partial charge in [0.1, 0.15) is 5.75 Å². The van der Waals surface area contributed by atoms with Crippen LogP contribution < -0.4 is 10.5 Å². The molecular formula is C18H22N2O. The van der Waals surface area contributed by atoms with Gasteiger partial charge in [0.25, 0.3) is 0 Å². The molecule has 0 aliphatic carbocycles. The Balaban J connectivity index is 2.19. The van der Waals surface area contributed by atoms with E-state index in [4.69, 9.17) is 15.7 Å². The fourth-order valence-electron chi connectivity index (χ4n) is 2.47. The highest BCUT2D eigenvalue weighted by molar-refractivity contribution is 5.87. The van der Waals surface area contributed by atoms with Crippen LogP contribution in [0.15, 0.2) is 36.4 Å². The Hall–Kier alpha value is -2.05. The number of rotatable bonds is 7. The van der Waals surface area contributed by atoms with E-state index in [-0.39, 0.29) is 6.04 Å². The van der Waals surface area contributed by atoms with Crippen molar-refractivity contribution in [1.29, 1.82) is 5.26 Å². The molecule has 2 aromatic carbocycles. The first-order valence-electron chi connectivity index (χ1n) is 7.48. The Kier molecular flexibility index (Phi) is 5.59. The van der Waals surface area contributed by atoms with E-state index in [1.165, 1.54) is 16.3 Å². The third-order valence-electron chi connectivity index (χ3n) is 3.46. The average molecular weight is 282 g/mol. The standard InChI is InChI=1S/C18H22N2O/c1-14(20)13-17-16-8-4-3-7-15(16)9-10-18(17)21-12-6-2-5-11-19/h3-4,7-10,14H,2,5-6,12-13,20H2,1H3. The molecule has 0 amide bonds. The summed E-state index contributed by atoms with van der Waals surface area (Å²) in [6.07, 6.45) is 3.17. The lowest BCUT2D eigenvalue weighted by atomic mass is 9.98. The molecule has 2 rings (SSSR count). The van der Waals surface area contributed by atoms with Gasteiger partial charge in [-0.2, -0.15) is 5.26 Å². The number of nitriles is 1. The molecule has 0 aromatic heterocycles. The largest absolute Gasteiger partial charge is 0.493 e. The second-order valence-electron chi connectivity index (χ2n) is 5.41. The van der Waals surface area contributed by atoms with Gasteiger partial charge in [0.05, 0.1) is 12.7 Å². The molecule has 0 saturated heterocycles. The van der Waals surface area contributed by atoms with Gasteiger partial charge in [-0.05, 0) is 43.0 Å². The summed E-state index contributed by atoms with van der Waals surface area (Å²) in [6.45, 7) is 2.66. The smallest absolute Gasteiger partial charge is 0.123 e. The molecule has 0 saturated carbocycles. The predicted octanol–water partition coefficient (Wildman–Crippen LogP) is 3.80. The van der Waals surface area contributed by atoms with Crippen LogP contribution in [0.5, 0.6) is 5.75 Å². The summed E-state index contributed by atoms with van der Waals surface area (Å²) < 4.78 is 5.93. The number of nitrogens with zero attached hydrogens (tertiary/aromatic N) is 1.